The molecule has 0 amide bonds. The van der Waals surface area contributed by atoms with Gasteiger partial charge in [-0.2, -0.15) is 5.10 Å². The zero-order valence-electron chi connectivity index (χ0n) is 10.0. The van der Waals surface area contributed by atoms with Gasteiger partial charge in [-0.1, -0.05) is 23.2 Å². The number of benzene rings is 1. The van der Waals surface area contributed by atoms with E-state index in [9.17, 15) is 0 Å². The fourth-order valence-corrected chi connectivity index (χ4v) is 2.52. The van der Waals surface area contributed by atoms with Crippen LogP contribution in [0.4, 0.5) is 5.69 Å². The quantitative estimate of drug-likeness (QED) is 0.560. The average Bonchev–Trinajstić information content (AvgIpc) is 3.04. The maximum absolute atomic E-state index is 6.24. The maximum Gasteiger partial charge on any atom is 0.0834 e. The van der Waals surface area contributed by atoms with E-state index >= 15 is 0 Å². The minimum atomic E-state index is 0.493. The van der Waals surface area contributed by atoms with Gasteiger partial charge in [0.2, 0.25) is 0 Å². The molecule has 7 heteroatoms. The predicted molar refractivity (Wildman–Crippen MR) is 78.6 cm³/mol. The molecule has 98 valence electrons. The number of nitrogens with zero attached hydrogens (tertiary/aromatic N) is 1. The summed E-state index contributed by atoms with van der Waals surface area (Å²) in [5, 5.41) is 8.73. The van der Waals surface area contributed by atoms with Crippen molar-refractivity contribution in [3.05, 3.63) is 34.7 Å². The molecule has 0 bridgehead atoms. The summed E-state index contributed by atoms with van der Waals surface area (Å²) in [6, 6.07) is 1.79. The molecule has 4 N–H and O–H groups in total. The molecule has 0 radical (unpaired) electrons. The second kappa shape index (κ2) is 4.77. The van der Waals surface area contributed by atoms with E-state index < -0.39 is 0 Å². The number of anilines is 1. The molecule has 0 aliphatic heterocycles. The number of fused-ring (bicyclic) bond motifs is 1. The van der Waals surface area contributed by atoms with Crippen molar-refractivity contribution >= 4 is 39.8 Å². The standard InChI is InChI=1S/C12H11Cl2N5/c1-15-19-9-2-8(13)11(14)12-10(9)7(5-16-12)6-3-17-18-4-6/h2-5,15-16,19H,1H3,(H,17,18). The van der Waals surface area contributed by atoms with Crippen LogP contribution in [0.5, 0.6) is 0 Å². The largest absolute Gasteiger partial charge is 0.359 e. The average molecular weight is 296 g/mol. The first-order chi connectivity index (χ1) is 9.22. The monoisotopic (exact) mass is 295 g/mol. The molecule has 3 aromatic rings. The Kier molecular flexibility index (Phi) is 3.10. The second-order valence-corrected chi connectivity index (χ2v) is 4.82. The zero-order valence-corrected chi connectivity index (χ0v) is 11.5. The first-order valence-electron chi connectivity index (χ1n) is 5.63. The molecule has 0 spiro atoms. The van der Waals surface area contributed by atoms with Crippen LogP contribution in [-0.2, 0) is 0 Å². The molecule has 2 aromatic heterocycles. The molecule has 0 saturated heterocycles. The van der Waals surface area contributed by atoms with E-state index in [1.165, 1.54) is 0 Å². The molecule has 0 atom stereocenters. The lowest BCUT2D eigenvalue weighted by molar-refractivity contribution is 0.988. The van der Waals surface area contributed by atoms with Crippen molar-refractivity contribution in [3.63, 3.8) is 0 Å². The van der Waals surface area contributed by atoms with Gasteiger partial charge < -0.3 is 10.4 Å². The molecule has 5 nitrogen and oxygen atoms in total. The summed E-state index contributed by atoms with van der Waals surface area (Å²) in [6.07, 6.45) is 5.47. The summed E-state index contributed by atoms with van der Waals surface area (Å²) >= 11 is 12.4. The van der Waals surface area contributed by atoms with Crippen LogP contribution in [0.15, 0.2) is 24.7 Å². The summed E-state index contributed by atoms with van der Waals surface area (Å²) in [5.74, 6) is 0. The highest BCUT2D eigenvalue weighted by Gasteiger charge is 2.16. The Bertz CT molecular complexity index is 717. The number of H-pyrrole nitrogens is 2. The Morgan fingerprint density at radius 1 is 1.26 bits per heavy atom. The van der Waals surface area contributed by atoms with Gasteiger partial charge in [0.1, 0.15) is 0 Å². The zero-order chi connectivity index (χ0) is 13.4. The molecule has 19 heavy (non-hydrogen) atoms. The molecule has 1 aromatic carbocycles. The van der Waals surface area contributed by atoms with Crippen LogP contribution in [0.1, 0.15) is 0 Å². The van der Waals surface area contributed by atoms with Crippen molar-refractivity contribution in [1.82, 2.24) is 20.6 Å². The normalized spacial score (nSPS) is 11.1. The summed E-state index contributed by atoms with van der Waals surface area (Å²) in [5.41, 5.74) is 9.58. The number of hydrogen-bond acceptors (Lipinski definition) is 3. The van der Waals surface area contributed by atoms with E-state index in [1.54, 1.807) is 19.3 Å². The van der Waals surface area contributed by atoms with Crippen molar-refractivity contribution < 1.29 is 0 Å². The van der Waals surface area contributed by atoms with E-state index in [1.807, 2.05) is 12.4 Å². The lowest BCUT2D eigenvalue weighted by Crippen LogP contribution is -2.15. The minimum absolute atomic E-state index is 0.493. The lowest BCUT2D eigenvalue weighted by Gasteiger charge is -2.09. The predicted octanol–water partition coefficient (Wildman–Crippen LogP) is 3.41. The summed E-state index contributed by atoms with van der Waals surface area (Å²) < 4.78 is 0. The van der Waals surface area contributed by atoms with Crippen molar-refractivity contribution in [3.8, 4) is 11.1 Å². The molecule has 2 heterocycles. The van der Waals surface area contributed by atoms with Crippen LogP contribution in [0.3, 0.4) is 0 Å². The van der Waals surface area contributed by atoms with Crippen molar-refractivity contribution in [2.24, 2.45) is 0 Å². The van der Waals surface area contributed by atoms with Gasteiger partial charge in [0.15, 0.2) is 0 Å². The number of hydrogen-bond donors (Lipinski definition) is 4. The Morgan fingerprint density at radius 3 is 2.79 bits per heavy atom. The molecule has 0 aliphatic carbocycles. The number of rotatable bonds is 3. The van der Waals surface area contributed by atoms with Gasteiger partial charge >= 0.3 is 0 Å². The lowest BCUT2D eigenvalue weighted by atomic mass is 10.1. The van der Waals surface area contributed by atoms with E-state index in [-0.39, 0.29) is 0 Å². The van der Waals surface area contributed by atoms with E-state index in [2.05, 4.69) is 26.0 Å². The Labute approximate surface area is 119 Å². The van der Waals surface area contributed by atoms with Crippen molar-refractivity contribution in [2.45, 2.75) is 0 Å². The van der Waals surface area contributed by atoms with Crippen LogP contribution < -0.4 is 10.9 Å². The van der Waals surface area contributed by atoms with Gasteiger partial charge in [-0.15, -0.1) is 0 Å². The molecule has 0 fully saturated rings. The third-order valence-electron chi connectivity index (χ3n) is 2.92. The third-order valence-corrected chi connectivity index (χ3v) is 3.71. The SMILES string of the molecule is CNNc1cc(Cl)c(Cl)c2[nH]cc(-c3cn[nH]c3)c12. The van der Waals surface area contributed by atoms with E-state index in [4.69, 9.17) is 23.2 Å². The summed E-state index contributed by atoms with van der Waals surface area (Å²) in [4.78, 5) is 3.16. The minimum Gasteiger partial charge on any atom is -0.359 e. The topological polar surface area (TPSA) is 68.5 Å². The molecule has 0 aliphatic rings. The number of hydrazine groups is 1. The summed E-state index contributed by atoms with van der Waals surface area (Å²) in [6.45, 7) is 0. The van der Waals surface area contributed by atoms with Crippen LogP contribution in [0, 0.1) is 0 Å². The highest BCUT2D eigenvalue weighted by molar-refractivity contribution is 6.46. The number of halogens is 2. The Hall–Kier alpha value is -1.69. The first-order valence-corrected chi connectivity index (χ1v) is 6.39. The van der Waals surface area contributed by atoms with Crippen molar-refractivity contribution in [2.75, 3.05) is 12.5 Å². The van der Waals surface area contributed by atoms with Gasteiger partial charge in [0.05, 0.1) is 27.4 Å². The van der Waals surface area contributed by atoms with Crippen LogP contribution >= 0.6 is 23.2 Å². The van der Waals surface area contributed by atoms with E-state index in [0.29, 0.717) is 10.0 Å². The number of aromatic nitrogens is 3. The molecule has 3 rings (SSSR count). The Balaban J connectivity index is 2.34. The fourth-order valence-electron chi connectivity index (χ4n) is 2.12. The van der Waals surface area contributed by atoms with Gasteiger partial charge in [-0.3, -0.25) is 5.10 Å². The molecular weight excluding hydrogens is 285 g/mol. The van der Waals surface area contributed by atoms with Gasteiger partial charge in [0.25, 0.3) is 0 Å². The van der Waals surface area contributed by atoms with Crippen LogP contribution in [0.25, 0.3) is 22.0 Å². The smallest absolute Gasteiger partial charge is 0.0834 e. The Morgan fingerprint density at radius 2 is 2.11 bits per heavy atom. The van der Waals surface area contributed by atoms with Gasteiger partial charge in [0, 0.05) is 36.0 Å². The third kappa shape index (κ3) is 1.96. The number of aromatic amines is 2. The van der Waals surface area contributed by atoms with Crippen LogP contribution in [-0.4, -0.2) is 22.2 Å². The summed E-state index contributed by atoms with van der Waals surface area (Å²) in [7, 11) is 1.79. The molecular formula is C12H11Cl2N5. The van der Waals surface area contributed by atoms with Crippen LogP contribution in [0.2, 0.25) is 10.0 Å². The maximum atomic E-state index is 6.24. The number of nitrogens with one attached hydrogen (secondary N) is 4. The molecule has 0 saturated carbocycles. The van der Waals surface area contributed by atoms with Gasteiger partial charge in [-0.05, 0) is 6.07 Å². The van der Waals surface area contributed by atoms with Crippen molar-refractivity contribution in [1.29, 1.82) is 0 Å². The molecule has 0 unspecified atom stereocenters. The fraction of sp³-hybridized carbons (Fsp3) is 0.0833. The highest BCUT2D eigenvalue weighted by Crippen LogP contribution is 2.40. The van der Waals surface area contributed by atoms with Gasteiger partial charge in [-0.25, -0.2) is 5.43 Å². The highest BCUT2D eigenvalue weighted by atomic mass is 35.5. The first kappa shape index (κ1) is 12.3. The second-order valence-electron chi connectivity index (χ2n) is 4.03. The van der Waals surface area contributed by atoms with E-state index in [0.717, 1.165) is 27.7 Å².